The normalized spacial score (nSPS) is 25.9. The Balaban J connectivity index is 1.01. The predicted molar refractivity (Wildman–Crippen MR) is 119 cm³/mol. The molecule has 3 aromatic rings. The van der Waals surface area contributed by atoms with Crippen molar-refractivity contribution >= 4 is 23.4 Å². The number of nitrogens with one attached hydrogen (secondary N) is 2. The maximum Gasteiger partial charge on any atom is 0.222 e. The Morgan fingerprint density at radius 1 is 1.12 bits per heavy atom. The van der Waals surface area contributed by atoms with Crippen LogP contribution in [0.2, 0.25) is 5.02 Å². The van der Waals surface area contributed by atoms with E-state index < -0.39 is 0 Å². The molecule has 1 aromatic carbocycles. The summed E-state index contributed by atoms with van der Waals surface area (Å²) in [6.07, 6.45) is 5.03. The number of benzene rings is 1. The first-order valence-electron chi connectivity index (χ1n) is 10.9. The Hall–Kier alpha value is -3.20. The van der Waals surface area contributed by atoms with E-state index in [4.69, 9.17) is 16.4 Å². The van der Waals surface area contributed by atoms with Crippen molar-refractivity contribution in [2.24, 2.45) is 17.0 Å². The molecular formula is C22H23ClN8O. The highest BCUT2D eigenvalue weighted by Gasteiger charge is 2.58. The van der Waals surface area contributed by atoms with Gasteiger partial charge in [0.25, 0.3) is 0 Å². The van der Waals surface area contributed by atoms with Crippen molar-refractivity contribution in [2.75, 3.05) is 25.0 Å². The van der Waals surface area contributed by atoms with Crippen LogP contribution in [0.25, 0.3) is 0 Å². The van der Waals surface area contributed by atoms with Crippen LogP contribution in [-0.2, 0) is 11.3 Å². The van der Waals surface area contributed by atoms with Gasteiger partial charge in [0, 0.05) is 36.8 Å². The van der Waals surface area contributed by atoms with Crippen molar-refractivity contribution in [3.05, 3.63) is 64.7 Å². The summed E-state index contributed by atoms with van der Waals surface area (Å²) >= 11 is 5.94. The lowest BCUT2D eigenvalue weighted by molar-refractivity contribution is 0.0824. The Bertz CT molecular complexity index is 1110. The van der Waals surface area contributed by atoms with E-state index in [0.29, 0.717) is 23.7 Å². The molecule has 0 radical (unpaired) electrons. The lowest BCUT2D eigenvalue weighted by Crippen LogP contribution is -2.30. The number of aromatic nitrogens is 5. The molecule has 0 amide bonds. The molecule has 32 heavy (non-hydrogen) atoms. The fourth-order valence-electron chi connectivity index (χ4n) is 4.86. The number of halogens is 1. The average Bonchev–Trinajstić information content (AvgIpc) is 3.35. The molecule has 1 aliphatic carbocycles. The smallest absolute Gasteiger partial charge is 0.222 e. The van der Waals surface area contributed by atoms with Crippen LogP contribution in [-0.4, -0.2) is 55.7 Å². The molecule has 2 aliphatic heterocycles. The van der Waals surface area contributed by atoms with Gasteiger partial charge >= 0.3 is 0 Å². The maximum atomic E-state index is 5.94. The highest BCUT2D eigenvalue weighted by molar-refractivity contribution is 6.30. The topological polar surface area (TPSA) is 104 Å². The number of likely N-dealkylation sites (tertiary alicyclic amines) is 1. The number of hydrogen-bond acceptors (Lipinski definition) is 8. The van der Waals surface area contributed by atoms with Crippen molar-refractivity contribution in [1.29, 1.82) is 0 Å². The van der Waals surface area contributed by atoms with Crippen LogP contribution in [0.1, 0.15) is 35.4 Å². The molecule has 0 bridgehead atoms. The molecule has 3 unspecified atom stereocenters. The minimum absolute atomic E-state index is 0.173. The molecule has 2 fully saturated rings. The highest BCUT2D eigenvalue weighted by Crippen LogP contribution is 2.57. The summed E-state index contributed by atoms with van der Waals surface area (Å²) in [5.41, 5.74) is 3.14. The fraction of sp³-hybridized carbons (Fsp3) is 0.409. The number of anilines is 1. The van der Waals surface area contributed by atoms with E-state index >= 15 is 0 Å². The number of rotatable bonds is 6. The SMILES string of the molecule is Clc1ccc(CCNc2nccc(C3CC(N4CC5C(C4)C5c4cn[nH]n4)=NO3)n2)cc1. The van der Waals surface area contributed by atoms with Gasteiger partial charge in [-0.25, -0.2) is 9.97 Å². The van der Waals surface area contributed by atoms with E-state index in [-0.39, 0.29) is 6.10 Å². The van der Waals surface area contributed by atoms with Gasteiger partial charge < -0.3 is 15.1 Å². The summed E-state index contributed by atoms with van der Waals surface area (Å²) in [5, 5.41) is 19.3. The van der Waals surface area contributed by atoms with Gasteiger partial charge in [0.2, 0.25) is 5.95 Å². The van der Waals surface area contributed by atoms with E-state index in [9.17, 15) is 0 Å². The lowest BCUT2D eigenvalue weighted by atomic mass is 10.1. The van der Waals surface area contributed by atoms with E-state index in [2.05, 4.69) is 40.8 Å². The van der Waals surface area contributed by atoms with E-state index in [1.54, 1.807) is 6.20 Å². The second-order valence-corrected chi connectivity index (χ2v) is 9.00. The third kappa shape index (κ3) is 3.77. The standard InChI is InChI=1S/C22H23ClN8O/c23-14-3-1-13(2-4-14)5-7-24-22-25-8-6-17(27-22)19-9-20(29-32-19)31-11-15-16(12-31)21(15)18-10-26-30-28-18/h1-4,6,8,10,15-16,19,21H,5,7,9,11-12H2,(H,24,25,27)(H,26,28,30). The second kappa shape index (κ2) is 8.05. The highest BCUT2D eigenvalue weighted by atomic mass is 35.5. The molecule has 3 atom stereocenters. The third-order valence-corrected chi connectivity index (χ3v) is 6.86. The Kier molecular flexibility index (Phi) is 4.90. The van der Waals surface area contributed by atoms with Crippen molar-refractivity contribution in [2.45, 2.75) is 24.9 Å². The number of amidine groups is 1. The number of nitrogens with zero attached hydrogens (tertiary/aromatic N) is 6. The molecule has 6 rings (SSSR count). The Morgan fingerprint density at radius 2 is 1.97 bits per heavy atom. The van der Waals surface area contributed by atoms with Gasteiger partial charge in [-0.05, 0) is 42.0 Å². The number of fused-ring (bicyclic) bond motifs is 1. The van der Waals surface area contributed by atoms with Gasteiger partial charge in [-0.2, -0.15) is 15.4 Å². The third-order valence-electron chi connectivity index (χ3n) is 6.60. The Morgan fingerprint density at radius 3 is 2.75 bits per heavy atom. The van der Waals surface area contributed by atoms with Crippen molar-refractivity contribution in [1.82, 2.24) is 30.3 Å². The summed E-state index contributed by atoms with van der Waals surface area (Å²) in [7, 11) is 0. The summed E-state index contributed by atoms with van der Waals surface area (Å²) in [5.74, 6) is 3.42. The predicted octanol–water partition coefficient (Wildman–Crippen LogP) is 3.02. The van der Waals surface area contributed by atoms with Gasteiger partial charge in [-0.1, -0.05) is 28.9 Å². The summed E-state index contributed by atoms with van der Waals surface area (Å²) in [6.45, 7) is 2.73. The number of aromatic amines is 1. The zero-order valence-corrected chi connectivity index (χ0v) is 18.1. The number of H-pyrrole nitrogens is 1. The quantitative estimate of drug-likeness (QED) is 0.594. The number of oxime groups is 1. The van der Waals surface area contributed by atoms with Crippen LogP contribution in [0.4, 0.5) is 5.95 Å². The monoisotopic (exact) mass is 450 g/mol. The first-order chi connectivity index (χ1) is 15.7. The summed E-state index contributed by atoms with van der Waals surface area (Å²) in [4.78, 5) is 17.1. The number of hydrogen-bond donors (Lipinski definition) is 2. The first-order valence-corrected chi connectivity index (χ1v) is 11.3. The molecule has 3 aliphatic rings. The van der Waals surface area contributed by atoms with Gasteiger partial charge in [0.05, 0.1) is 24.0 Å². The van der Waals surface area contributed by atoms with E-state index in [1.807, 2.05) is 36.5 Å². The molecule has 1 saturated carbocycles. The summed E-state index contributed by atoms with van der Waals surface area (Å²) < 4.78 is 0. The summed E-state index contributed by atoms with van der Waals surface area (Å²) in [6, 6.07) is 9.77. The fourth-order valence-corrected chi connectivity index (χ4v) is 4.99. The van der Waals surface area contributed by atoms with Crippen LogP contribution in [0, 0.1) is 11.8 Å². The van der Waals surface area contributed by atoms with Crippen LogP contribution in [0.3, 0.4) is 0 Å². The molecule has 2 aromatic heterocycles. The lowest BCUT2D eigenvalue weighted by Gasteiger charge is -2.20. The molecular weight excluding hydrogens is 428 g/mol. The average molecular weight is 451 g/mol. The Labute approximate surface area is 190 Å². The van der Waals surface area contributed by atoms with E-state index in [1.165, 1.54) is 5.56 Å². The van der Waals surface area contributed by atoms with Gasteiger partial charge in [0.15, 0.2) is 6.10 Å². The zero-order chi connectivity index (χ0) is 21.5. The van der Waals surface area contributed by atoms with Gasteiger partial charge in [0.1, 0.15) is 5.84 Å². The molecule has 164 valence electrons. The van der Waals surface area contributed by atoms with Crippen LogP contribution >= 0.6 is 11.6 Å². The van der Waals surface area contributed by atoms with Crippen LogP contribution in [0.5, 0.6) is 0 Å². The van der Waals surface area contributed by atoms with Gasteiger partial charge in [-0.3, -0.25) is 0 Å². The van der Waals surface area contributed by atoms with Crippen molar-refractivity contribution in [3.63, 3.8) is 0 Å². The molecule has 9 nitrogen and oxygen atoms in total. The van der Waals surface area contributed by atoms with Crippen LogP contribution < -0.4 is 5.32 Å². The second-order valence-electron chi connectivity index (χ2n) is 8.57. The largest absolute Gasteiger partial charge is 0.384 e. The van der Waals surface area contributed by atoms with Gasteiger partial charge in [-0.15, -0.1) is 0 Å². The number of piperidine rings is 1. The molecule has 2 N–H and O–H groups in total. The maximum absolute atomic E-state index is 5.94. The molecule has 1 saturated heterocycles. The minimum Gasteiger partial charge on any atom is -0.384 e. The van der Waals surface area contributed by atoms with Crippen LogP contribution in [0.15, 0.2) is 47.9 Å². The zero-order valence-electron chi connectivity index (χ0n) is 17.4. The van der Waals surface area contributed by atoms with E-state index in [0.717, 1.165) is 54.7 Å². The molecule has 4 heterocycles. The van der Waals surface area contributed by atoms with Crippen molar-refractivity contribution in [3.8, 4) is 0 Å². The molecule has 0 spiro atoms. The minimum atomic E-state index is -0.173. The first kappa shape index (κ1) is 19.5. The van der Waals surface area contributed by atoms with Crippen molar-refractivity contribution < 1.29 is 4.84 Å². The molecule has 10 heteroatoms.